The molecule has 0 saturated heterocycles. The molecule has 0 aliphatic heterocycles. The summed E-state index contributed by atoms with van der Waals surface area (Å²) in [6.07, 6.45) is 1.28. The van der Waals surface area contributed by atoms with Gasteiger partial charge in [-0.1, -0.05) is 6.07 Å². The van der Waals surface area contributed by atoms with E-state index in [9.17, 15) is 14.4 Å². The Balaban J connectivity index is 2.70. The number of amides is 2. The first-order chi connectivity index (χ1) is 9.58. The van der Waals surface area contributed by atoms with E-state index in [1.54, 1.807) is 6.07 Å². The first-order valence-electron chi connectivity index (χ1n) is 6.19. The minimum atomic E-state index is -0.321. The second kappa shape index (κ2) is 7.93. The Morgan fingerprint density at radius 3 is 2.80 bits per heavy atom. The van der Waals surface area contributed by atoms with Crippen molar-refractivity contribution in [1.29, 1.82) is 0 Å². The van der Waals surface area contributed by atoms with Crippen LogP contribution < -0.4 is 15.0 Å². The lowest BCUT2D eigenvalue weighted by Crippen LogP contribution is -2.28. The molecule has 1 aromatic carbocycles. The van der Waals surface area contributed by atoms with E-state index in [4.69, 9.17) is 4.74 Å². The molecule has 0 aliphatic rings. The molecule has 0 aliphatic carbocycles. The van der Waals surface area contributed by atoms with Gasteiger partial charge in [0.1, 0.15) is 12.4 Å². The van der Waals surface area contributed by atoms with Gasteiger partial charge in [-0.25, -0.2) is 0 Å². The average Bonchev–Trinajstić information content (AvgIpc) is 2.44. The molecule has 0 aromatic heterocycles. The van der Waals surface area contributed by atoms with Gasteiger partial charge in [-0.15, -0.1) is 0 Å². The van der Waals surface area contributed by atoms with Gasteiger partial charge >= 0.3 is 0 Å². The van der Waals surface area contributed by atoms with Crippen molar-refractivity contribution in [3.8, 4) is 5.75 Å². The van der Waals surface area contributed by atoms with Gasteiger partial charge in [-0.3, -0.25) is 19.7 Å². The van der Waals surface area contributed by atoms with Crippen molar-refractivity contribution in [2.24, 2.45) is 0 Å². The Kier molecular flexibility index (Phi) is 6.22. The number of nitrogens with one attached hydrogen (secondary N) is 1. The van der Waals surface area contributed by atoms with Crippen LogP contribution in [0.1, 0.15) is 12.0 Å². The van der Waals surface area contributed by atoms with E-state index in [0.717, 1.165) is 11.3 Å². The van der Waals surface area contributed by atoms with E-state index in [1.807, 2.05) is 31.0 Å². The van der Waals surface area contributed by atoms with Crippen LogP contribution in [0.4, 0.5) is 5.69 Å². The zero-order valence-electron chi connectivity index (χ0n) is 11.6. The van der Waals surface area contributed by atoms with Crippen molar-refractivity contribution >= 4 is 24.3 Å². The molecule has 0 saturated carbocycles. The van der Waals surface area contributed by atoms with Crippen LogP contribution in [-0.4, -0.2) is 38.8 Å². The highest BCUT2D eigenvalue weighted by Crippen LogP contribution is 2.24. The standard InChI is InChI=1S/C14H18N2O4/c1-11-3-4-12(20-8-7-17)9-13(11)16(2)6-5-14(19)15-10-18/h3-4,7,9-10H,5-6,8H2,1-2H3,(H,15,18,19). The van der Waals surface area contributed by atoms with Crippen LogP contribution >= 0.6 is 0 Å². The molecule has 1 N–H and O–H groups in total. The molecule has 6 heteroatoms. The van der Waals surface area contributed by atoms with Crippen LogP contribution in [0.5, 0.6) is 5.75 Å². The highest BCUT2D eigenvalue weighted by Gasteiger charge is 2.09. The number of anilines is 1. The predicted molar refractivity (Wildman–Crippen MR) is 74.8 cm³/mol. The number of carbonyl (C=O) groups excluding carboxylic acids is 3. The van der Waals surface area contributed by atoms with Gasteiger partial charge in [0.2, 0.25) is 12.3 Å². The lowest BCUT2D eigenvalue weighted by atomic mass is 10.1. The lowest BCUT2D eigenvalue weighted by Gasteiger charge is -2.21. The summed E-state index contributed by atoms with van der Waals surface area (Å²) in [5.74, 6) is 0.278. The van der Waals surface area contributed by atoms with Crippen LogP contribution in [0.2, 0.25) is 0 Å². The Morgan fingerprint density at radius 2 is 2.15 bits per heavy atom. The number of aryl methyl sites for hydroxylation is 1. The fourth-order valence-corrected chi connectivity index (χ4v) is 1.75. The maximum Gasteiger partial charge on any atom is 0.228 e. The zero-order chi connectivity index (χ0) is 15.0. The van der Waals surface area contributed by atoms with Gasteiger partial charge in [0.25, 0.3) is 0 Å². The quantitative estimate of drug-likeness (QED) is 0.707. The molecule has 2 amide bonds. The number of aldehydes is 1. The molecule has 1 aromatic rings. The monoisotopic (exact) mass is 278 g/mol. The normalized spacial score (nSPS) is 9.70. The molecular weight excluding hydrogens is 260 g/mol. The van der Waals surface area contributed by atoms with Crippen LogP contribution in [0, 0.1) is 6.92 Å². The van der Waals surface area contributed by atoms with Crippen molar-refractivity contribution in [3.05, 3.63) is 23.8 Å². The number of nitrogens with zero attached hydrogens (tertiary/aromatic N) is 1. The maximum absolute atomic E-state index is 11.2. The van der Waals surface area contributed by atoms with Gasteiger partial charge in [0.15, 0.2) is 6.29 Å². The molecule has 0 atom stereocenters. The minimum Gasteiger partial charge on any atom is -0.486 e. The average molecular weight is 278 g/mol. The summed E-state index contributed by atoms with van der Waals surface area (Å²) in [6.45, 7) is 2.42. The number of rotatable bonds is 8. The van der Waals surface area contributed by atoms with Crippen molar-refractivity contribution in [2.45, 2.75) is 13.3 Å². The van der Waals surface area contributed by atoms with Gasteiger partial charge in [-0.2, -0.15) is 0 Å². The fraction of sp³-hybridized carbons (Fsp3) is 0.357. The number of ether oxygens (including phenoxy) is 1. The molecule has 0 fully saturated rings. The van der Waals surface area contributed by atoms with E-state index in [-0.39, 0.29) is 18.9 Å². The smallest absolute Gasteiger partial charge is 0.228 e. The first kappa shape index (κ1) is 15.7. The summed E-state index contributed by atoms with van der Waals surface area (Å²) < 4.78 is 5.24. The summed E-state index contributed by atoms with van der Waals surface area (Å²) in [7, 11) is 1.85. The topological polar surface area (TPSA) is 75.7 Å². The summed E-state index contributed by atoms with van der Waals surface area (Å²) >= 11 is 0. The Bertz CT molecular complexity index is 488. The van der Waals surface area contributed by atoms with E-state index in [0.29, 0.717) is 25.0 Å². The highest BCUT2D eigenvalue weighted by molar-refractivity contribution is 5.86. The highest BCUT2D eigenvalue weighted by atomic mass is 16.5. The maximum atomic E-state index is 11.2. The van der Waals surface area contributed by atoms with Crippen LogP contribution in [0.25, 0.3) is 0 Å². The van der Waals surface area contributed by atoms with Gasteiger partial charge < -0.3 is 9.64 Å². The van der Waals surface area contributed by atoms with Crippen molar-refractivity contribution in [3.63, 3.8) is 0 Å². The lowest BCUT2D eigenvalue weighted by molar-refractivity contribution is -0.125. The van der Waals surface area contributed by atoms with Crippen LogP contribution in [0.15, 0.2) is 18.2 Å². The van der Waals surface area contributed by atoms with E-state index in [1.165, 1.54) is 0 Å². The van der Waals surface area contributed by atoms with Crippen LogP contribution in [0.3, 0.4) is 0 Å². The van der Waals surface area contributed by atoms with Crippen molar-refractivity contribution in [1.82, 2.24) is 5.32 Å². The summed E-state index contributed by atoms with van der Waals surface area (Å²) in [6, 6.07) is 5.49. The predicted octanol–water partition coefficient (Wildman–Crippen LogP) is 0.672. The summed E-state index contributed by atoms with van der Waals surface area (Å²) in [5, 5.41) is 2.10. The zero-order valence-corrected chi connectivity index (χ0v) is 11.6. The largest absolute Gasteiger partial charge is 0.486 e. The first-order valence-corrected chi connectivity index (χ1v) is 6.19. The third kappa shape index (κ3) is 4.72. The number of hydrogen-bond acceptors (Lipinski definition) is 5. The third-order valence-electron chi connectivity index (χ3n) is 2.80. The summed E-state index contributed by atoms with van der Waals surface area (Å²) in [5.41, 5.74) is 1.94. The molecular formula is C14H18N2O4. The second-order valence-corrected chi connectivity index (χ2v) is 4.28. The molecule has 0 radical (unpaired) electrons. The number of imide groups is 1. The SMILES string of the molecule is Cc1ccc(OCC=O)cc1N(C)CCC(=O)NC=O. The summed E-state index contributed by atoms with van der Waals surface area (Å²) in [4.78, 5) is 33.6. The van der Waals surface area contributed by atoms with Gasteiger partial charge in [0, 0.05) is 31.8 Å². The Labute approximate surface area is 117 Å². The Hall–Kier alpha value is -2.37. The minimum absolute atomic E-state index is 0.00789. The van der Waals surface area contributed by atoms with E-state index in [2.05, 4.69) is 5.32 Å². The van der Waals surface area contributed by atoms with Gasteiger partial charge in [0.05, 0.1) is 0 Å². The molecule has 0 unspecified atom stereocenters. The third-order valence-corrected chi connectivity index (χ3v) is 2.80. The number of hydrogen-bond donors (Lipinski definition) is 1. The fourth-order valence-electron chi connectivity index (χ4n) is 1.75. The molecule has 0 spiro atoms. The molecule has 108 valence electrons. The number of benzene rings is 1. The van der Waals surface area contributed by atoms with E-state index >= 15 is 0 Å². The van der Waals surface area contributed by atoms with Crippen molar-refractivity contribution in [2.75, 3.05) is 25.1 Å². The number of carbonyl (C=O) groups is 3. The molecule has 1 rings (SSSR count). The molecule has 6 nitrogen and oxygen atoms in total. The van der Waals surface area contributed by atoms with Crippen molar-refractivity contribution < 1.29 is 19.1 Å². The molecule has 0 heterocycles. The van der Waals surface area contributed by atoms with E-state index < -0.39 is 0 Å². The van der Waals surface area contributed by atoms with Crippen LogP contribution in [-0.2, 0) is 14.4 Å². The van der Waals surface area contributed by atoms with Gasteiger partial charge in [-0.05, 0) is 18.6 Å². The molecule has 20 heavy (non-hydrogen) atoms. The Morgan fingerprint density at radius 1 is 1.40 bits per heavy atom. The second-order valence-electron chi connectivity index (χ2n) is 4.28. The molecule has 0 bridgehead atoms.